The van der Waals surface area contributed by atoms with Crippen LogP contribution < -0.4 is 20.3 Å². The molecule has 0 aliphatic carbocycles. The molecular formula is C20H21N7O2. The second-order valence-corrected chi connectivity index (χ2v) is 6.56. The smallest absolute Gasteiger partial charge is 0.316 e. The van der Waals surface area contributed by atoms with E-state index in [4.69, 9.17) is 4.74 Å². The monoisotopic (exact) mass is 391 g/mol. The van der Waals surface area contributed by atoms with Crippen molar-refractivity contribution in [3.05, 3.63) is 55.0 Å². The molecule has 9 nitrogen and oxygen atoms in total. The van der Waals surface area contributed by atoms with Crippen LogP contribution in [0.5, 0.6) is 6.01 Å². The van der Waals surface area contributed by atoms with E-state index in [1.807, 2.05) is 18.2 Å². The van der Waals surface area contributed by atoms with Crippen molar-refractivity contribution in [2.24, 2.45) is 0 Å². The van der Waals surface area contributed by atoms with Crippen LogP contribution in [0.4, 0.5) is 22.9 Å². The maximum absolute atomic E-state index is 12.0. The Balaban J connectivity index is 1.31. The van der Waals surface area contributed by atoms with E-state index < -0.39 is 0 Å². The van der Waals surface area contributed by atoms with Crippen LogP contribution in [0, 0.1) is 0 Å². The highest BCUT2D eigenvalue weighted by atomic mass is 16.5. The highest BCUT2D eigenvalue weighted by Gasteiger charge is 2.13. The molecule has 0 atom stereocenters. The Morgan fingerprint density at radius 2 is 1.79 bits per heavy atom. The van der Waals surface area contributed by atoms with Crippen molar-refractivity contribution >= 4 is 28.8 Å². The third-order valence-corrected chi connectivity index (χ3v) is 4.43. The van der Waals surface area contributed by atoms with E-state index in [1.54, 1.807) is 36.8 Å². The van der Waals surface area contributed by atoms with Gasteiger partial charge in [-0.2, -0.15) is 5.10 Å². The highest BCUT2D eigenvalue weighted by Crippen LogP contribution is 2.23. The van der Waals surface area contributed by atoms with Crippen LogP contribution >= 0.6 is 0 Å². The normalized spacial score (nSPS) is 13.2. The van der Waals surface area contributed by atoms with Gasteiger partial charge in [0, 0.05) is 42.9 Å². The largest absolute Gasteiger partial charge is 0.453 e. The molecule has 3 aromatic rings. The summed E-state index contributed by atoms with van der Waals surface area (Å²) in [7, 11) is 0. The molecule has 2 N–H and O–H groups in total. The third-order valence-electron chi connectivity index (χ3n) is 4.43. The van der Waals surface area contributed by atoms with Crippen LogP contribution in [0.1, 0.15) is 12.8 Å². The van der Waals surface area contributed by atoms with Gasteiger partial charge < -0.3 is 20.3 Å². The number of hydrogen-bond acceptors (Lipinski definition) is 8. The molecular weight excluding hydrogens is 370 g/mol. The Hall–Kier alpha value is -3.75. The molecule has 2 aromatic heterocycles. The average Bonchev–Trinajstić information content (AvgIpc) is 3.30. The van der Waals surface area contributed by atoms with Crippen LogP contribution in [-0.2, 0) is 4.79 Å². The number of nitrogens with zero attached hydrogens (tertiary/aromatic N) is 5. The fourth-order valence-corrected chi connectivity index (χ4v) is 3.04. The zero-order valence-corrected chi connectivity index (χ0v) is 15.8. The minimum absolute atomic E-state index is 0.164. The van der Waals surface area contributed by atoms with E-state index >= 15 is 0 Å². The first-order chi connectivity index (χ1) is 14.3. The SMILES string of the molecule is O=C(COc1ncccn1)Nc1ccc(Nc2cc(N3CCCC3)cnn2)cc1. The van der Waals surface area contributed by atoms with Crippen molar-refractivity contribution in [2.45, 2.75) is 12.8 Å². The predicted molar refractivity (Wildman–Crippen MR) is 109 cm³/mol. The van der Waals surface area contributed by atoms with Crippen LogP contribution in [0.25, 0.3) is 0 Å². The van der Waals surface area contributed by atoms with Gasteiger partial charge in [0.1, 0.15) is 0 Å². The van der Waals surface area contributed by atoms with Crippen molar-refractivity contribution in [2.75, 3.05) is 35.2 Å². The number of carbonyl (C=O) groups is 1. The lowest BCUT2D eigenvalue weighted by Crippen LogP contribution is -2.20. The lowest BCUT2D eigenvalue weighted by Gasteiger charge is -2.17. The molecule has 0 unspecified atom stereocenters. The van der Waals surface area contributed by atoms with Gasteiger partial charge in [-0.25, -0.2) is 9.97 Å². The summed E-state index contributed by atoms with van der Waals surface area (Å²) >= 11 is 0. The first-order valence-electron chi connectivity index (χ1n) is 9.41. The van der Waals surface area contributed by atoms with Crippen LogP contribution in [0.3, 0.4) is 0 Å². The van der Waals surface area contributed by atoms with E-state index in [-0.39, 0.29) is 18.5 Å². The molecule has 4 rings (SSSR count). The number of amides is 1. The predicted octanol–water partition coefficient (Wildman–Crippen LogP) is 2.63. The van der Waals surface area contributed by atoms with Gasteiger partial charge in [0.05, 0.1) is 11.9 Å². The molecule has 1 aromatic carbocycles. The topological polar surface area (TPSA) is 105 Å². The average molecular weight is 391 g/mol. The molecule has 0 radical (unpaired) electrons. The molecule has 0 bridgehead atoms. The lowest BCUT2D eigenvalue weighted by atomic mass is 10.2. The number of benzene rings is 1. The standard InChI is InChI=1S/C20H21N7O2/c28-19(14-29-20-21-8-3-9-22-20)25-16-6-4-15(5-7-16)24-18-12-17(13-23-26-18)27-10-1-2-11-27/h3-9,12-13H,1-2,10-11,14H2,(H,24,26)(H,25,28). The first kappa shape index (κ1) is 18.6. The van der Waals surface area contributed by atoms with E-state index in [2.05, 4.69) is 35.7 Å². The Morgan fingerprint density at radius 3 is 2.55 bits per heavy atom. The van der Waals surface area contributed by atoms with E-state index in [0.29, 0.717) is 11.5 Å². The van der Waals surface area contributed by atoms with Crippen molar-refractivity contribution < 1.29 is 9.53 Å². The zero-order chi connectivity index (χ0) is 19.9. The summed E-state index contributed by atoms with van der Waals surface area (Å²) in [6.45, 7) is 1.95. The quantitative estimate of drug-likeness (QED) is 0.633. The summed E-state index contributed by atoms with van der Waals surface area (Å²) in [5.74, 6) is 0.393. The molecule has 9 heteroatoms. The number of anilines is 4. The maximum Gasteiger partial charge on any atom is 0.316 e. The van der Waals surface area contributed by atoms with E-state index in [1.165, 1.54) is 12.8 Å². The minimum atomic E-state index is -0.289. The van der Waals surface area contributed by atoms with Gasteiger partial charge >= 0.3 is 6.01 Å². The van der Waals surface area contributed by atoms with Gasteiger partial charge in [-0.15, -0.1) is 5.10 Å². The summed E-state index contributed by atoms with van der Waals surface area (Å²) in [5.41, 5.74) is 2.59. The number of ether oxygens (including phenoxy) is 1. The summed E-state index contributed by atoms with van der Waals surface area (Å²) < 4.78 is 5.23. The van der Waals surface area contributed by atoms with Crippen LogP contribution in [0.15, 0.2) is 55.0 Å². The molecule has 148 valence electrons. The van der Waals surface area contributed by atoms with Crippen LogP contribution in [-0.4, -0.2) is 45.8 Å². The van der Waals surface area contributed by atoms with Gasteiger partial charge in [-0.3, -0.25) is 4.79 Å². The van der Waals surface area contributed by atoms with Crippen molar-refractivity contribution in [3.63, 3.8) is 0 Å². The molecule has 1 aliphatic rings. The van der Waals surface area contributed by atoms with Gasteiger partial charge in [0.25, 0.3) is 5.91 Å². The number of carbonyl (C=O) groups excluding carboxylic acids is 1. The number of hydrogen-bond donors (Lipinski definition) is 2. The summed E-state index contributed by atoms with van der Waals surface area (Å²) in [4.78, 5) is 22.1. The van der Waals surface area contributed by atoms with Crippen molar-refractivity contribution in [1.82, 2.24) is 20.2 Å². The van der Waals surface area contributed by atoms with Gasteiger partial charge in [-0.05, 0) is 43.2 Å². The molecule has 1 aliphatic heterocycles. The summed E-state index contributed by atoms with van der Waals surface area (Å²) in [6, 6.07) is 11.2. The lowest BCUT2D eigenvalue weighted by molar-refractivity contribution is -0.118. The molecule has 0 spiro atoms. The fourth-order valence-electron chi connectivity index (χ4n) is 3.04. The Morgan fingerprint density at radius 1 is 1.07 bits per heavy atom. The zero-order valence-electron chi connectivity index (χ0n) is 15.8. The van der Waals surface area contributed by atoms with Crippen molar-refractivity contribution in [3.8, 4) is 6.01 Å². The summed E-state index contributed by atoms with van der Waals surface area (Å²) in [6.07, 6.45) is 7.31. The number of rotatable bonds is 7. The maximum atomic E-state index is 12.0. The van der Waals surface area contributed by atoms with Gasteiger partial charge in [0.15, 0.2) is 12.4 Å². The fraction of sp³-hybridized carbons (Fsp3) is 0.250. The molecule has 1 fully saturated rings. The number of nitrogens with one attached hydrogen (secondary N) is 2. The molecule has 3 heterocycles. The number of aromatic nitrogens is 4. The second kappa shape index (κ2) is 8.96. The van der Waals surface area contributed by atoms with Gasteiger partial charge in [0.2, 0.25) is 0 Å². The molecule has 1 saturated heterocycles. The second-order valence-electron chi connectivity index (χ2n) is 6.56. The summed E-state index contributed by atoms with van der Waals surface area (Å²) in [5, 5.41) is 14.2. The van der Waals surface area contributed by atoms with E-state index in [0.717, 1.165) is 24.5 Å². The van der Waals surface area contributed by atoms with Gasteiger partial charge in [-0.1, -0.05) is 0 Å². The molecule has 0 saturated carbocycles. The molecule has 1 amide bonds. The highest BCUT2D eigenvalue weighted by molar-refractivity contribution is 5.92. The Bertz CT molecular complexity index is 945. The Kier molecular flexibility index (Phi) is 5.75. The molecule has 29 heavy (non-hydrogen) atoms. The first-order valence-corrected chi connectivity index (χ1v) is 9.41. The third kappa shape index (κ3) is 5.16. The Labute approximate surface area is 168 Å². The van der Waals surface area contributed by atoms with E-state index in [9.17, 15) is 4.79 Å². The minimum Gasteiger partial charge on any atom is -0.453 e. The van der Waals surface area contributed by atoms with Crippen LogP contribution in [0.2, 0.25) is 0 Å². The van der Waals surface area contributed by atoms with Crippen molar-refractivity contribution in [1.29, 1.82) is 0 Å².